The topological polar surface area (TPSA) is 95.2 Å². The van der Waals surface area contributed by atoms with Crippen LogP contribution in [0.15, 0.2) is 72.8 Å². The molecule has 2 heterocycles. The number of aromatic nitrogens is 2. The van der Waals surface area contributed by atoms with Gasteiger partial charge in [-0.05, 0) is 36.4 Å². The van der Waals surface area contributed by atoms with E-state index in [1.807, 2.05) is 54.6 Å². The second kappa shape index (κ2) is 8.16. The van der Waals surface area contributed by atoms with E-state index in [1.165, 1.54) is 6.07 Å². The molecule has 3 N–H and O–H groups in total. The fraction of sp³-hybridized carbons (Fsp3) is 0.0370. The maximum absolute atomic E-state index is 10.9. The van der Waals surface area contributed by atoms with Gasteiger partial charge in [-0.1, -0.05) is 36.4 Å². The van der Waals surface area contributed by atoms with E-state index in [-0.39, 0.29) is 5.75 Å². The summed E-state index contributed by atoms with van der Waals surface area (Å²) in [6, 6.07) is 22.6. The van der Waals surface area contributed by atoms with Gasteiger partial charge in [-0.15, -0.1) is 0 Å². The Morgan fingerprint density at radius 1 is 0.697 bits per heavy atom. The normalized spacial score (nSPS) is 10.9. The van der Waals surface area contributed by atoms with Gasteiger partial charge in [0.15, 0.2) is 0 Å². The molecular formula is C27H20N2O4. The summed E-state index contributed by atoms with van der Waals surface area (Å²) in [6.07, 6.45) is 1.57. The molecule has 33 heavy (non-hydrogen) atoms. The highest BCUT2D eigenvalue weighted by molar-refractivity contribution is 6.11. The summed E-state index contributed by atoms with van der Waals surface area (Å²) in [5, 5.41) is 13.8. The number of hydrogen-bond donors (Lipinski definition) is 3. The highest BCUT2D eigenvalue weighted by Crippen LogP contribution is 2.33. The molecular weight excluding hydrogens is 416 g/mol. The number of rotatable bonds is 3. The third kappa shape index (κ3) is 3.47. The number of phenols is 1. The number of methoxy groups -OCH3 is 1. The first-order valence-corrected chi connectivity index (χ1v) is 10.3. The van der Waals surface area contributed by atoms with Gasteiger partial charge in [-0.2, -0.15) is 0 Å². The number of carbonyl (C=O) groups is 2. The Balaban J connectivity index is 0.000000139. The summed E-state index contributed by atoms with van der Waals surface area (Å²) < 4.78 is 5.31. The van der Waals surface area contributed by atoms with E-state index in [0.29, 0.717) is 22.4 Å². The average molecular weight is 436 g/mol. The summed E-state index contributed by atoms with van der Waals surface area (Å²) in [5.41, 5.74) is 4.71. The van der Waals surface area contributed by atoms with Crippen molar-refractivity contribution in [2.75, 3.05) is 7.11 Å². The van der Waals surface area contributed by atoms with Crippen LogP contribution in [0.25, 0.3) is 43.6 Å². The van der Waals surface area contributed by atoms with Crippen LogP contribution in [-0.4, -0.2) is 34.8 Å². The second-order valence-electron chi connectivity index (χ2n) is 7.69. The zero-order chi connectivity index (χ0) is 22.9. The lowest BCUT2D eigenvalue weighted by molar-refractivity contribution is 0.111. The minimum Gasteiger partial charge on any atom is -0.506 e. The highest BCUT2D eigenvalue weighted by Gasteiger charge is 2.10. The molecule has 6 rings (SSSR count). The van der Waals surface area contributed by atoms with Crippen LogP contribution < -0.4 is 4.74 Å². The first-order chi connectivity index (χ1) is 16.1. The van der Waals surface area contributed by atoms with Crippen LogP contribution in [0.4, 0.5) is 0 Å². The molecule has 0 saturated carbocycles. The van der Waals surface area contributed by atoms with Gasteiger partial charge in [0.2, 0.25) is 0 Å². The van der Waals surface area contributed by atoms with Crippen LogP contribution in [-0.2, 0) is 0 Å². The first kappa shape index (κ1) is 20.3. The smallest absolute Gasteiger partial charge is 0.150 e. The van der Waals surface area contributed by atoms with E-state index in [9.17, 15) is 14.7 Å². The van der Waals surface area contributed by atoms with Gasteiger partial charge in [0.1, 0.15) is 24.1 Å². The number of ether oxygens (including phenoxy) is 1. The summed E-state index contributed by atoms with van der Waals surface area (Å²) in [7, 11) is 1.61. The van der Waals surface area contributed by atoms with Crippen molar-refractivity contribution in [2.24, 2.45) is 0 Å². The lowest BCUT2D eigenvalue weighted by Crippen LogP contribution is -1.87. The molecule has 0 amide bonds. The molecule has 0 unspecified atom stereocenters. The molecule has 6 heteroatoms. The van der Waals surface area contributed by atoms with Crippen LogP contribution in [0.5, 0.6) is 11.5 Å². The fourth-order valence-corrected chi connectivity index (χ4v) is 4.19. The quantitative estimate of drug-likeness (QED) is 0.297. The average Bonchev–Trinajstić information content (AvgIpc) is 3.42. The minimum absolute atomic E-state index is 0.107. The van der Waals surface area contributed by atoms with Crippen molar-refractivity contribution in [3.05, 3.63) is 83.9 Å². The molecule has 0 fully saturated rings. The molecule has 0 spiro atoms. The van der Waals surface area contributed by atoms with Gasteiger partial charge in [0.05, 0.1) is 18.1 Å². The van der Waals surface area contributed by atoms with Gasteiger partial charge in [0.25, 0.3) is 0 Å². The zero-order valence-electron chi connectivity index (χ0n) is 17.8. The molecule has 6 nitrogen and oxygen atoms in total. The summed E-state index contributed by atoms with van der Waals surface area (Å²) >= 11 is 0. The van der Waals surface area contributed by atoms with E-state index in [0.717, 1.165) is 50.7 Å². The Bertz CT molecular complexity index is 1660. The molecule has 4 aromatic carbocycles. The Hall–Kier alpha value is -4.58. The van der Waals surface area contributed by atoms with Crippen molar-refractivity contribution in [1.29, 1.82) is 0 Å². The molecule has 0 aliphatic heterocycles. The Labute approximate surface area is 188 Å². The van der Waals surface area contributed by atoms with Crippen molar-refractivity contribution in [2.45, 2.75) is 0 Å². The van der Waals surface area contributed by atoms with Crippen molar-refractivity contribution < 1.29 is 19.4 Å². The molecule has 0 bridgehead atoms. The monoisotopic (exact) mass is 436 g/mol. The lowest BCUT2D eigenvalue weighted by Gasteiger charge is -2.02. The predicted molar refractivity (Wildman–Crippen MR) is 131 cm³/mol. The highest BCUT2D eigenvalue weighted by atomic mass is 16.5. The standard InChI is InChI=1S/C14H11NO2.C13H9NO2/c1-17-13-7-9(8-16)6-11-10-4-2-3-5-12(10)15-14(11)13;15-7-8-5-10-9-3-1-2-4-11(9)14-13(10)12(16)6-8/h2-8,15H,1H3;1-7,14,16H. The lowest BCUT2D eigenvalue weighted by atomic mass is 10.1. The number of fused-ring (bicyclic) bond motifs is 6. The predicted octanol–water partition coefficient (Wildman–Crippen LogP) is 5.98. The number of aldehydes is 2. The number of hydrogen-bond acceptors (Lipinski definition) is 4. The maximum atomic E-state index is 10.9. The molecule has 0 aliphatic rings. The number of para-hydroxylation sites is 2. The maximum Gasteiger partial charge on any atom is 0.150 e. The Kier molecular flexibility index (Phi) is 5.03. The molecule has 2 aromatic heterocycles. The number of phenolic OH excluding ortho intramolecular Hbond substituents is 1. The third-order valence-corrected chi connectivity index (χ3v) is 5.71. The zero-order valence-corrected chi connectivity index (χ0v) is 17.8. The molecule has 0 atom stereocenters. The number of benzene rings is 4. The summed E-state index contributed by atoms with van der Waals surface area (Å²) in [6.45, 7) is 0. The largest absolute Gasteiger partial charge is 0.506 e. The second-order valence-corrected chi connectivity index (χ2v) is 7.69. The first-order valence-electron chi connectivity index (χ1n) is 10.3. The van der Waals surface area contributed by atoms with Crippen LogP contribution >= 0.6 is 0 Å². The van der Waals surface area contributed by atoms with Crippen molar-refractivity contribution in [3.63, 3.8) is 0 Å². The van der Waals surface area contributed by atoms with Gasteiger partial charge in [-0.25, -0.2) is 0 Å². The summed E-state index contributed by atoms with van der Waals surface area (Å²) in [5.74, 6) is 0.802. The molecule has 0 aliphatic carbocycles. The van der Waals surface area contributed by atoms with E-state index in [1.54, 1.807) is 19.2 Å². The van der Waals surface area contributed by atoms with Crippen LogP contribution in [0.2, 0.25) is 0 Å². The number of nitrogens with one attached hydrogen (secondary N) is 2. The number of aromatic hydroxyl groups is 1. The molecule has 0 radical (unpaired) electrons. The van der Waals surface area contributed by atoms with Gasteiger partial charge >= 0.3 is 0 Å². The van der Waals surface area contributed by atoms with Crippen molar-refractivity contribution in [3.8, 4) is 11.5 Å². The summed E-state index contributed by atoms with van der Waals surface area (Å²) in [4.78, 5) is 28.1. The Morgan fingerprint density at radius 3 is 1.79 bits per heavy atom. The van der Waals surface area contributed by atoms with Crippen molar-refractivity contribution in [1.82, 2.24) is 9.97 Å². The Morgan fingerprint density at radius 2 is 1.21 bits per heavy atom. The van der Waals surface area contributed by atoms with E-state index in [4.69, 9.17) is 4.74 Å². The van der Waals surface area contributed by atoms with Crippen molar-refractivity contribution >= 4 is 56.2 Å². The number of carbonyl (C=O) groups excluding carboxylic acids is 2. The molecule has 162 valence electrons. The van der Waals surface area contributed by atoms with Gasteiger partial charge in [-0.3, -0.25) is 9.59 Å². The van der Waals surface area contributed by atoms with E-state index in [2.05, 4.69) is 9.97 Å². The van der Waals surface area contributed by atoms with Gasteiger partial charge < -0.3 is 19.8 Å². The van der Waals surface area contributed by atoms with Crippen LogP contribution in [0.3, 0.4) is 0 Å². The van der Waals surface area contributed by atoms with Crippen LogP contribution in [0.1, 0.15) is 20.7 Å². The number of aromatic amines is 2. The SMILES string of the molecule is COc1cc(C=O)cc2c1[nH]c1ccccc12.O=Cc1cc(O)c2[nH]c3ccccc3c2c1. The minimum atomic E-state index is 0.107. The number of H-pyrrole nitrogens is 2. The van der Waals surface area contributed by atoms with E-state index >= 15 is 0 Å². The van der Waals surface area contributed by atoms with E-state index < -0.39 is 0 Å². The van der Waals surface area contributed by atoms with Crippen LogP contribution in [0, 0.1) is 0 Å². The fourth-order valence-electron chi connectivity index (χ4n) is 4.19. The molecule has 6 aromatic rings. The van der Waals surface area contributed by atoms with Gasteiger partial charge in [0, 0.05) is 43.7 Å². The third-order valence-electron chi connectivity index (χ3n) is 5.71. The molecule has 0 saturated heterocycles.